The minimum Gasteiger partial charge on any atom is -0.365 e. The lowest BCUT2D eigenvalue weighted by atomic mass is 9.85. The van der Waals surface area contributed by atoms with E-state index in [1.54, 1.807) is 6.20 Å². The van der Waals surface area contributed by atoms with Gasteiger partial charge in [-0.2, -0.15) is 4.98 Å². The summed E-state index contributed by atoms with van der Waals surface area (Å²) in [7, 11) is 0. The second-order valence-electron chi connectivity index (χ2n) is 7.39. The van der Waals surface area contributed by atoms with Gasteiger partial charge in [-0.3, -0.25) is 16.0 Å². The minimum absolute atomic E-state index is 0.195. The number of primary amides is 1. The Kier molecular flexibility index (Phi) is 7.55. The van der Waals surface area contributed by atoms with E-state index in [2.05, 4.69) is 31.9 Å². The molecule has 0 spiro atoms. The molecular weight excluding hydrogens is 382 g/mol. The van der Waals surface area contributed by atoms with E-state index < -0.39 is 5.91 Å². The number of hydrogen-bond acceptors (Lipinski definition) is 7. The molecule has 1 fully saturated rings. The Balaban J connectivity index is 1.74. The van der Waals surface area contributed by atoms with E-state index in [1.165, 1.54) is 19.0 Å². The molecule has 1 heterocycles. The van der Waals surface area contributed by atoms with Gasteiger partial charge in [-0.15, -0.1) is 0 Å². The lowest BCUT2D eigenvalue weighted by Crippen LogP contribution is -2.72. The highest BCUT2D eigenvalue weighted by Gasteiger charge is 2.22. The monoisotopic (exact) mass is 413 g/mol. The molecule has 0 bridgehead atoms. The molecule has 0 radical (unpaired) electrons. The van der Waals surface area contributed by atoms with Gasteiger partial charge in [0.1, 0.15) is 29.5 Å². The highest BCUT2D eigenvalue weighted by Crippen LogP contribution is 2.24. The smallest absolute Gasteiger partial charge is 0.254 e. The molecule has 12 N–H and O–H groups in total. The van der Waals surface area contributed by atoms with Gasteiger partial charge in [-0.25, -0.2) is 10.4 Å². The molecule has 1 saturated carbocycles. The third-order valence-electron chi connectivity index (χ3n) is 5.20. The Bertz CT molecular complexity index is 886. The minimum atomic E-state index is -0.592. The SMILES string of the molecule is NC(=O)c1cnc(NC[C@@H]2CCCC[C@@H]2N)nc1Nc1cccc([NH2+]/C=C\N[NH3+])c1. The number of anilines is 3. The maximum absolute atomic E-state index is 11.8. The van der Waals surface area contributed by atoms with Gasteiger partial charge in [0.05, 0.1) is 0 Å². The van der Waals surface area contributed by atoms with Crippen molar-refractivity contribution in [2.24, 2.45) is 17.4 Å². The van der Waals surface area contributed by atoms with E-state index in [4.69, 9.17) is 11.5 Å². The molecule has 10 nitrogen and oxygen atoms in total. The summed E-state index contributed by atoms with van der Waals surface area (Å²) in [5.74, 6) is 4.13. The van der Waals surface area contributed by atoms with Crippen molar-refractivity contribution in [3.05, 3.63) is 48.4 Å². The molecule has 160 valence electrons. The molecule has 0 aliphatic heterocycles. The van der Waals surface area contributed by atoms with Crippen molar-refractivity contribution in [1.82, 2.24) is 15.4 Å². The zero-order valence-corrected chi connectivity index (χ0v) is 17.0. The fourth-order valence-corrected chi connectivity index (χ4v) is 3.54. The Hall–Kier alpha value is -3.21. The van der Waals surface area contributed by atoms with Crippen molar-refractivity contribution in [2.45, 2.75) is 31.7 Å². The molecule has 1 aromatic carbocycles. The van der Waals surface area contributed by atoms with E-state index >= 15 is 0 Å². The number of nitrogens with two attached hydrogens (primary N) is 3. The summed E-state index contributed by atoms with van der Waals surface area (Å²) in [6.07, 6.45) is 9.55. The van der Waals surface area contributed by atoms with Crippen LogP contribution in [0.25, 0.3) is 0 Å². The van der Waals surface area contributed by atoms with Gasteiger partial charge in [-0.1, -0.05) is 18.9 Å². The fraction of sp³-hybridized carbons (Fsp3) is 0.350. The number of nitrogens with one attached hydrogen (secondary N) is 3. The number of benzene rings is 1. The molecule has 2 aromatic rings. The summed E-state index contributed by atoms with van der Waals surface area (Å²) < 4.78 is 0. The van der Waals surface area contributed by atoms with Crippen LogP contribution in [0.3, 0.4) is 0 Å². The highest BCUT2D eigenvalue weighted by molar-refractivity contribution is 5.98. The first kappa shape index (κ1) is 21.5. The van der Waals surface area contributed by atoms with Gasteiger partial charge in [-0.05, 0) is 30.9 Å². The molecule has 0 saturated heterocycles. The molecule has 1 aliphatic carbocycles. The maximum Gasteiger partial charge on any atom is 0.254 e. The maximum atomic E-state index is 11.8. The number of amides is 1. The van der Waals surface area contributed by atoms with E-state index in [0.717, 1.165) is 24.2 Å². The number of nitrogens with zero attached hydrogens (tertiary/aromatic N) is 2. The zero-order valence-electron chi connectivity index (χ0n) is 17.0. The van der Waals surface area contributed by atoms with Crippen LogP contribution in [0.5, 0.6) is 0 Å². The van der Waals surface area contributed by atoms with Crippen LogP contribution < -0.4 is 38.7 Å². The van der Waals surface area contributed by atoms with Crippen molar-refractivity contribution >= 4 is 29.0 Å². The number of aromatic nitrogens is 2. The predicted octanol–water partition coefficient (Wildman–Crippen LogP) is -0.339. The molecule has 10 heteroatoms. The largest absolute Gasteiger partial charge is 0.365 e. The fourth-order valence-electron chi connectivity index (χ4n) is 3.54. The van der Waals surface area contributed by atoms with E-state index in [-0.39, 0.29) is 11.6 Å². The average Bonchev–Trinajstić information content (AvgIpc) is 2.74. The zero-order chi connectivity index (χ0) is 21.3. The molecule has 1 aromatic heterocycles. The van der Waals surface area contributed by atoms with Gasteiger partial charge in [0.15, 0.2) is 0 Å². The van der Waals surface area contributed by atoms with E-state index in [0.29, 0.717) is 24.2 Å². The third-order valence-corrected chi connectivity index (χ3v) is 5.20. The van der Waals surface area contributed by atoms with Gasteiger partial charge in [0, 0.05) is 30.5 Å². The van der Waals surface area contributed by atoms with Crippen LogP contribution in [0, 0.1) is 5.92 Å². The summed E-state index contributed by atoms with van der Waals surface area (Å²) in [4.78, 5) is 20.6. The van der Waals surface area contributed by atoms with Crippen molar-refractivity contribution in [1.29, 1.82) is 0 Å². The number of rotatable bonds is 9. The number of carbonyl (C=O) groups is 1. The van der Waals surface area contributed by atoms with E-state index in [9.17, 15) is 4.79 Å². The van der Waals surface area contributed by atoms with E-state index in [1.807, 2.05) is 35.8 Å². The van der Waals surface area contributed by atoms with Crippen LogP contribution in [-0.2, 0) is 0 Å². The van der Waals surface area contributed by atoms with Gasteiger partial charge >= 0.3 is 0 Å². The van der Waals surface area contributed by atoms with Crippen LogP contribution >= 0.6 is 0 Å². The quantitative estimate of drug-likeness (QED) is 0.217. The normalized spacial score (nSPS) is 18.9. The summed E-state index contributed by atoms with van der Waals surface area (Å²) >= 11 is 0. The Morgan fingerprint density at radius 1 is 1.33 bits per heavy atom. The topological polar surface area (TPSA) is 175 Å². The molecule has 30 heavy (non-hydrogen) atoms. The van der Waals surface area contributed by atoms with Crippen LogP contribution in [0.15, 0.2) is 42.9 Å². The van der Waals surface area contributed by atoms with Crippen molar-refractivity contribution in [3.8, 4) is 0 Å². The first-order chi connectivity index (χ1) is 14.6. The highest BCUT2D eigenvalue weighted by atomic mass is 16.1. The predicted molar refractivity (Wildman–Crippen MR) is 115 cm³/mol. The van der Waals surface area contributed by atoms with Crippen LogP contribution in [0.1, 0.15) is 36.0 Å². The molecule has 2 atom stereocenters. The third kappa shape index (κ3) is 5.89. The molecule has 3 rings (SSSR count). The van der Waals surface area contributed by atoms with Gasteiger partial charge in [0.25, 0.3) is 5.91 Å². The number of hydrogen-bond donors (Lipinski definition) is 7. The summed E-state index contributed by atoms with van der Waals surface area (Å²) in [5, 5.41) is 8.37. The second-order valence-corrected chi connectivity index (χ2v) is 7.39. The molecule has 0 unspecified atom stereocenters. The van der Waals surface area contributed by atoms with Crippen molar-refractivity contribution < 1.29 is 16.0 Å². The van der Waals surface area contributed by atoms with Crippen LogP contribution in [-0.4, -0.2) is 28.5 Å². The summed E-state index contributed by atoms with van der Waals surface area (Å²) in [5.41, 5.74) is 16.4. The van der Waals surface area contributed by atoms with Crippen molar-refractivity contribution in [3.63, 3.8) is 0 Å². The Morgan fingerprint density at radius 3 is 2.93 bits per heavy atom. The first-order valence-corrected chi connectivity index (χ1v) is 10.1. The molecule has 1 amide bonds. The Labute approximate surface area is 175 Å². The molecular formula is C20H31N9O+2. The summed E-state index contributed by atoms with van der Waals surface area (Å²) in [6.45, 7) is 0.702. The van der Waals surface area contributed by atoms with Gasteiger partial charge < -0.3 is 22.1 Å². The number of quaternary nitrogens is 2. The molecule has 1 aliphatic rings. The Morgan fingerprint density at radius 2 is 2.17 bits per heavy atom. The number of carbonyl (C=O) groups excluding carboxylic acids is 1. The van der Waals surface area contributed by atoms with Crippen molar-refractivity contribution in [2.75, 3.05) is 17.2 Å². The average molecular weight is 414 g/mol. The lowest BCUT2D eigenvalue weighted by Gasteiger charge is -2.28. The summed E-state index contributed by atoms with van der Waals surface area (Å²) in [6, 6.07) is 7.90. The first-order valence-electron chi connectivity index (χ1n) is 10.1. The standard InChI is InChI=1S/C20H29N9O/c21-17-7-2-1-4-13(17)11-25-20-26-12-16(18(22)30)19(29-20)28-15-6-3-5-14(10-15)24-8-9-27-23/h3,5-6,8-10,12-13,17,24,27H,1-2,4,7,11,21,23H2,(H2,22,30)(H2,25,26,28,29)/p+2/b9-8-/t13-,17-/m0/s1. The van der Waals surface area contributed by atoms with Crippen LogP contribution in [0.2, 0.25) is 0 Å². The second kappa shape index (κ2) is 10.5. The van der Waals surface area contributed by atoms with Crippen LogP contribution in [0.4, 0.5) is 23.1 Å². The lowest BCUT2D eigenvalue weighted by molar-refractivity contribution is -0.500. The van der Waals surface area contributed by atoms with Gasteiger partial charge in [0.2, 0.25) is 5.95 Å².